The van der Waals surface area contributed by atoms with E-state index in [-0.39, 0.29) is 23.7 Å². The molecule has 0 aliphatic rings. The number of hydrogen-bond donors (Lipinski definition) is 2. The molecular formula is C24H20ClFN6O3. The van der Waals surface area contributed by atoms with E-state index in [1.807, 2.05) is 6.92 Å². The number of ether oxygens (including phenoxy) is 1. The lowest BCUT2D eigenvalue weighted by atomic mass is 10.1. The minimum Gasteiger partial charge on any atom is -0.495 e. The third-order valence-corrected chi connectivity index (χ3v) is 5.42. The van der Waals surface area contributed by atoms with Gasteiger partial charge in [0.2, 0.25) is 11.7 Å². The smallest absolute Gasteiger partial charge is 0.257 e. The molecule has 0 radical (unpaired) electrons. The van der Waals surface area contributed by atoms with E-state index < -0.39 is 11.8 Å². The van der Waals surface area contributed by atoms with Crippen molar-refractivity contribution in [1.29, 1.82) is 0 Å². The van der Waals surface area contributed by atoms with Gasteiger partial charge < -0.3 is 15.4 Å². The third kappa shape index (κ3) is 5.61. The van der Waals surface area contributed by atoms with Crippen molar-refractivity contribution in [2.24, 2.45) is 0 Å². The molecule has 4 aromatic rings. The van der Waals surface area contributed by atoms with Crippen LogP contribution in [0.2, 0.25) is 5.02 Å². The molecule has 0 aliphatic carbocycles. The van der Waals surface area contributed by atoms with E-state index in [2.05, 4.69) is 26.0 Å². The number of methoxy groups -OCH3 is 1. The van der Waals surface area contributed by atoms with Crippen molar-refractivity contribution in [2.45, 2.75) is 13.5 Å². The largest absolute Gasteiger partial charge is 0.495 e. The number of para-hydroxylation sites is 1. The van der Waals surface area contributed by atoms with E-state index in [0.717, 1.165) is 10.4 Å². The molecule has 0 saturated heterocycles. The molecule has 0 atom stereocenters. The summed E-state index contributed by atoms with van der Waals surface area (Å²) < 4.78 is 18.4. The summed E-state index contributed by atoms with van der Waals surface area (Å²) in [5.41, 5.74) is 2.32. The van der Waals surface area contributed by atoms with Crippen LogP contribution in [0.25, 0.3) is 11.4 Å². The Balaban J connectivity index is 1.47. The van der Waals surface area contributed by atoms with Gasteiger partial charge in [-0.1, -0.05) is 23.7 Å². The summed E-state index contributed by atoms with van der Waals surface area (Å²) in [4.78, 5) is 26.7. The molecule has 35 heavy (non-hydrogen) atoms. The van der Waals surface area contributed by atoms with Crippen molar-refractivity contribution in [2.75, 3.05) is 17.7 Å². The Morgan fingerprint density at radius 1 is 1.06 bits per heavy atom. The normalized spacial score (nSPS) is 10.6. The Kier molecular flexibility index (Phi) is 7.02. The zero-order valence-electron chi connectivity index (χ0n) is 18.8. The first-order valence-electron chi connectivity index (χ1n) is 10.4. The molecule has 4 rings (SSSR count). The van der Waals surface area contributed by atoms with E-state index in [1.54, 1.807) is 36.4 Å². The second kappa shape index (κ2) is 10.3. The lowest BCUT2D eigenvalue weighted by molar-refractivity contribution is -0.117. The van der Waals surface area contributed by atoms with Gasteiger partial charge in [-0.3, -0.25) is 9.59 Å². The highest BCUT2D eigenvalue weighted by Gasteiger charge is 2.17. The van der Waals surface area contributed by atoms with Gasteiger partial charge in [0.15, 0.2) is 0 Å². The van der Waals surface area contributed by atoms with Crippen molar-refractivity contribution in [3.8, 4) is 17.1 Å². The molecule has 2 N–H and O–H groups in total. The van der Waals surface area contributed by atoms with Crippen LogP contribution < -0.4 is 15.4 Å². The Morgan fingerprint density at radius 2 is 1.80 bits per heavy atom. The Morgan fingerprint density at radius 3 is 2.54 bits per heavy atom. The van der Waals surface area contributed by atoms with Crippen molar-refractivity contribution in [1.82, 2.24) is 20.2 Å². The average molecular weight is 495 g/mol. The summed E-state index contributed by atoms with van der Waals surface area (Å²) in [6.45, 7) is 1.57. The average Bonchev–Trinajstić information content (AvgIpc) is 3.30. The predicted octanol–water partition coefficient (Wildman–Crippen LogP) is 4.34. The fourth-order valence-electron chi connectivity index (χ4n) is 3.25. The second-order valence-corrected chi connectivity index (χ2v) is 7.91. The molecule has 0 aliphatic heterocycles. The van der Waals surface area contributed by atoms with E-state index in [0.29, 0.717) is 27.7 Å². The maximum Gasteiger partial charge on any atom is 0.257 e. The predicted molar refractivity (Wildman–Crippen MR) is 129 cm³/mol. The zero-order chi connectivity index (χ0) is 24.9. The number of tetrazole rings is 1. The highest BCUT2D eigenvalue weighted by molar-refractivity contribution is 6.31. The van der Waals surface area contributed by atoms with Gasteiger partial charge in [0, 0.05) is 16.7 Å². The number of aryl methyl sites for hydroxylation is 1. The lowest BCUT2D eigenvalue weighted by Gasteiger charge is -2.14. The van der Waals surface area contributed by atoms with Gasteiger partial charge in [-0.2, -0.15) is 4.80 Å². The highest BCUT2D eigenvalue weighted by Crippen LogP contribution is 2.31. The number of carbonyl (C=O) groups is 2. The molecule has 178 valence electrons. The minimum absolute atomic E-state index is 0.242. The minimum atomic E-state index is -0.465. The lowest BCUT2D eigenvalue weighted by Crippen LogP contribution is -2.23. The maximum atomic E-state index is 13.1. The SMILES string of the molecule is COc1cc(Cl)c(C)cc1NC(=O)c1ccccc1NC(=O)Cn1nnc(-c2ccc(F)cc2)n1. The number of halogens is 2. The summed E-state index contributed by atoms with van der Waals surface area (Å²) in [6, 6.07) is 15.5. The van der Waals surface area contributed by atoms with Gasteiger partial charge in [0.1, 0.15) is 18.1 Å². The van der Waals surface area contributed by atoms with Crippen LogP contribution in [-0.2, 0) is 11.3 Å². The molecule has 0 fully saturated rings. The van der Waals surface area contributed by atoms with Crippen LogP contribution in [0.15, 0.2) is 60.7 Å². The summed E-state index contributed by atoms with van der Waals surface area (Å²) in [6.07, 6.45) is 0. The quantitative estimate of drug-likeness (QED) is 0.395. The first-order valence-corrected chi connectivity index (χ1v) is 10.8. The molecule has 0 bridgehead atoms. The third-order valence-electron chi connectivity index (χ3n) is 5.02. The van der Waals surface area contributed by atoms with Gasteiger partial charge in [-0.25, -0.2) is 4.39 Å². The Hall–Kier alpha value is -4.31. The van der Waals surface area contributed by atoms with Crippen LogP contribution in [0, 0.1) is 12.7 Å². The summed E-state index contributed by atoms with van der Waals surface area (Å²) >= 11 is 6.14. The molecule has 2 amide bonds. The first kappa shape index (κ1) is 23.8. The van der Waals surface area contributed by atoms with Crippen LogP contribution in [0.1, 0.15) is 15.9 Å². The highest BCUT2D eigenvalue weighted by atomic mass is 35.5. The number of amides is 2. The number of nitrogens with one attached hydrogen (secondary N) is 2. The van der Waals surface area contributed by atoms with Crippen LogP contribution >= 0.6 is 11.6 Å². The molecule has 9 nitrogen and oxygen atoms in total. The number of carbonyl (C=O) groups excluding carboxylic acids is 2. The topological polar surface area (TPSA) is 111 Å². The summed E-state index contributed by atoms with van der Waals surface area (Å²) in [5, 5.41) is 17.9. The van der Waals surface area contributed by atoms with E-state index in [1.165, 1.54) is 31.4 Å². The number of benzene rings is 3. The van der Waals surface area contributed by atoms with Gasteiger partial charge in [0.05, 0.1) is 24.0 Å². The van der Waals surface area contributed by atoms with E-state index >= 15 is 0 Å². The molecule has 3 aromatic carbocycles. The molecule has 1 aromatic heterocycles. The standard InChI is InChI=1S/C24H20ClFN6O3/c1-14-11-20(21(35-2)12-18(14)25)28-24(34)17-5-3-4-6-19(17)27-22(33)13-32-30-23(29-31-32)15-7-9-16(26)10-8-15/h3-12H,13H2,1-2H3,(H,27,33)(H,28,34). The van der Waals surface area contributed by atoms with Gasteiger partial charge in [-0.15, -0.1) is 10.2 Å². The van der Waals surface area contributed by atoms with Crippen molar-refractivity contribution in [3.05, 3.63) is 82.6 Å². The van der Waals surface area contributed by atoms with Crippen LogP contribution in [0.3, 0.4) is 0 Å². The number of nitrogens with zero attached hydrogens (tertiary/aromatic N) is 4. The van der Waals surface area contributed by atoms with E-state index in [9.17, 15) is 14.0 Å². The number of rotatable bonds is 7. The molecule has 0 saturated carbocycles. The van der Waals surface area contributed by atoms with Gasteiger partial charge in [-0.05, 0) is 60.2 Å². The molecule has 0 unspecified atom stereocenters. The monoisotopic (exact) mass is 494 g/mol. The zero-order valence-corrected chi connectivity index (χ0v) is 19.5. The Labute approximate surface area is 204 Å². The first-order chi connectivity index (χ1) is 16.8. The fourth-order valence-corrected chi connectivity index (χ4v) is 3.41. The van der Waals surface area contributed by atoms with Crippen molar-refractivity contribution >= 4 is 34.8 Å². The van der Waals surface area contributed by atoms with Gasteiger partial charge >= 0.3 is 0 Å². The Bertz CT molecular complexity index is 1390. The number of hydrogen-bond acceptors (Lipinski definition) is 6. The molecule has 11 heteroatoms. The molecular weight excluding hydrogens is 475 g/mol. The van der Waals surface area contributed by atoms with Crippen LogP contribution in [-0.4, -0.2) is 39.1 Å². The summed E-state index contributed by atoms with van der Waals surface area (Å²) in [5.74, 6) is -0.631. The van der Waals surface area contributed by atoms with Crippen LogP contribution in [0.4, 0.5) is 15.8 Å². The molecule has 1 heterocycles. The van der Waals surface area contributed by atoms with Crippen molar-refractivity contribution < 1.29 is 18.7 Å². The second-order valence-electron chi connectivity index (χ2n) is 7.50. The number of anilines is 2. The van der Waals surface area contributed by atoms with E-state index in [4.69, 9.17) is 16.3 Å². The number of aromatic nitrogens is 4. The maximum absolute atomic E-state index is 13.1. The fraction of sp³-hybridized carbons (Fsp3) is 0.125. The van der Waals surface area contributed by atoms with Gasteiger partial charge in [0.25, 0.3) is 5.91 Å². The summed E-state index contributed by atoms with van der Waals surface area (Å²) in [7, 11) is 1.48. The van der Waals surface area contributed by atoms with Crippen molar-refractivity contribution in [3.63, 3.8) is 0 Å². The van der Waals surface area contributed by atoms with Crippen LogP contribution in [0.5, 0.6) is 5.75 Å². The molecule has 0 spiro atoms.